The standard InChI is InChI=1S/C9H15NO/c1-2-7-3-4-8(6-10)9(11)5-7/h7-9,11H,2-5H2,1H3. The predicted molar refractivity (Wildman–Crippen MR) is 42.7 cm³/mol. The van der Waals surface area contributed by atoms with Crippen LogP contribution in [0.25, 0.3) is 0 Å². The third-order valence-electron chi connectivity index (χ3n) is 2.67. The number of nitriles is 1. The van der Waals surface area contributed by atoms with Crippen LogP contribution in [0, 0.1) is 23.2 Å². The summed E-state index contributed by atoms with van der Waals surface area (Å²) in [5, 5.41) is 18.1. The minimum absolute atomic E-state index is 0.0993. The van der Waals surface area contributed by atoms with Crippen LogP contribution in [0.1, 0.15) is 32.6 Å². The van der Waals surface area contributed by atoms with Crippen molar-refractivity contribution in [3.63, 3.8) is 0 Å². The highest BCUT2D eigenvalue weighted by Crippen LogP contribution is 2.30. The van der Waals surface area contributed by atoms with Crippen molar-refractivity contribution in [3.8, 4) is 6.07 Å². The van der Waals surface area contributed by atoms with E-state index in [0.29, 0.717) is 5.92 Å². The molecular formula is C9H15NO. The summed E-state index contributed by atoms with van der Waals surface area (Å²) in [5.41, 5.74) is 0. The summed E-state index contributed by atoms with van der Waals surface area (Å²) >= 11 is 0. The van der Waals surface area contributed by atoms with E-state index < -0.39 is 0 Å². The summed E-state index contributed by atoms with van der Waals surface area (Å²) < 4.78 is 0. The Kier molecular flexibility index (Phi) is 2.90. The Morgan fingerprint density at radius 2 is 2.27 bits per heavy atom. The molecule has 1 rings (SSSR count). The molecule has 1 aliphatic rings. The molecule has 0 saturated heterocycles. The fourth-order valence-electron chi connectivity index (χ4n) is 1.75. The molecule has 0 aromatic heterocycles. The number of hydrogen-bond donors (Lipinski definition) is 1. The molecule has 3 unspecified atom stereocenters. The van der Waals surface area contributed by atoms with Crippen LogP contribution in [-0.2, 0) is 0 Å². The number of aliphatic hydroxyl groups excluding tert-OH is 1. The highest BCUT2D eigenvalue weighted by atomic mass is 16.3. The normalized spacial score (nSPS) is 38.1. The number of rotatable bonds is 1. The average molecular weight is 153 g/mol. The Bertz CT molecular complexity index is 161. The van der Waals surface area contributed by atoms with E-state index in [1.165, 1.54) is 0 Å². The largest absolute Gasteiger partial charge is 0.392 e. The first-order valence-electron chi connectivity index (χ1n) is 4.35. The first-order chi connectivity index (χ1) is 5.27. The average Bonchev–Trinajstić information content (AvgIpc) is 2.04. The Labute approximate surface area is 67.8 Å². The molecule has 0 spiro atoms. The van der Waals surface area contributed by atoms with Crippen LogP contribution in [0.3, 0.4) is 0 Å². The van der Waals surface area contributed by atoms with Gasteiger partial charge in [-0.05, 0) is 25.2 Å². The van der Waals surface area contributed by atoms with E-state index in [2.05, 4.69) is 13.0 Å². The fraction of sp³-hybridized carbons (Fsp3) is 0.889. The maximum atomic E-state index is 9.45. The lowest BCUT2D eigenvalue weighted by Gasteiger charge is -2.28. The van der Waals surface area contributed by atoms with Gasteiger partial charge in [0.2, 0.25) is 0 Å². The molecule has 0 radical (unpaired) electrons. The number of hydrogen-bond acceptors (Lipinski definition) is 2. The molecule has 0 aliphatic heterocycles. The van der Waals surface area contributed by atoms with Gasteiger partial charge in [0.05, 0.1) is 18.1 Å². The van der Waals surface area contributed by atoms with Gasteiger partial charge in [0.1, 0.15) is 0 Å². The zero-order valence-corrected chi connectivity index (χ0v) is 6.95. The fourth-order valence-corrected chi connectivity index (χ4v) is 1.75. The molecule has 1 saturated carbocycles. The van der Waals surface area contributed by atoms with Crippen LogP contribution < -0.4 is 0 Å². The molecule has 1 fully saturated rings. The summed E-state index contributed by atoms with van der Waals surface area (Å²) in [6.45, 7) is 2.14. The van der Waals surface area contributed by atoms with Gasteiger partial charge >= 0.3 is 0 Å². The van der Waals surface area contributed by atoms with E-state index in [4.69, 9.17) is 5.26 Å². The quantitative estimate of drug-likeness (QED) is 0.623. The molecule has 2 heteroatoms. The summed E-state index contributed by atoms with van der Waals surface area (Å²) in [6, 6.07) is 2.15. The van der Waals surface area contributed by atoms with Gasteiger partial charge in [-0.25, -0.2) is 0 Å². The Morgan fingerprint density at radius 1 is 1.55 bits per heavy atom. The SMILES string of the molecule is CCC1CCC(C#N)C(O)C1. The van der Waals surface area contributed by atoms with Crippen molar-refractivity contribution in [1.29, 1.82) is 5.26 Å². The third kappa shape index (κ3) is 1.94. The van der Waals surface area contributed by atoms with Crippen LogP contribution >= 0.6 is 0 Å². The highest BCUT2D eigenvalue weighted by molar-refractivity contribution is 4.92. The van der Waals surface area contributed by atoms with E-state index in [-0.39, 0.29) is 12.0 Å². The maximum Gasteiger partial charge on any atom is 0.0722 e. The first-order valence-corrected chi connectivity index (χ1v) is 4.35. The molecule has 62 valence electrons. The lowest BCUT2D eigenvalue weighted by Crippen LogP contribution is -2.27. The Morgan fingerprint density at radius 3 is 2.73 bits per heavy atom. The van der Waals surface area contributed by atoms with Crippen molar-refractivity contribution >= 4 is 0 Å². The number of aliphatic hydroxyl groups is 1. The molecule has 0 aromatic rings. The maximum absolute atomic E-state index is 9.45. The van der Waals surface area contributed by atoms with Crippen LogP contribution in [0.15, 0.2) is 0 Å². The third-order valence-corrected chi connectivity index (χ3v) is 2.67. The zero-order chi connectivity index (χ0) is 8.27. The summed E-state index contributed by atoms with van der Waals surface area (Å²) in [4.78, 5) is 0. The Balaban J connectivity index is 2.42. The van der Waals surface area contributed by atoms with E-state index in [0.717, 1.165) is 25.7 Å². The van der Waals surface area contributed by atoms with Crippen molar-refractivity contribution in [3.05, 3.63) is 0 Å². The molecule has 1 N–H and O–H groups in total. The van der Waals surface area contributed by atoms with Crippen molar-refractivity contribution in [2.75, 3.05) is 0 Å². The Hall–Kier alpha value is -0.550. The van der Waals surface area contributed by atoms with Crippen LogP contribution in [-0.4, -0.2) is 11.2 Å². The highest BCUT2D eigenvalue weighted by Gasteiger charge is 2.27. The van der Waals surface area contributed by atoms with Crippen LogP contribution in [0.4, 0.5) is 0 Å². The lowest BCUT2D eigenvalue weighted by atomic mass is 9.79. The van der Waals surface area contributed by atoms with Gasteiger partial charge in [0, 0.05) is 0 Å². The van der Waals surface area contributed by atoms with E-state index >= 15 is 0 Å². The van der Waals surface area contributed by atoms with Gasteiger partial charge in [0.25, 0.3) is 0 Å². The lowest BCUT2D eigenvalue weighted by molar-refractivity contribution is 0.0679. The smallest absolute Gasteiger partial charge is 0.0722 e. The molecule has 0 aromatic carbocycles. The van der Waals surface area contributed by atoms with Gasteiger partial charge in [-0.15, -0.1) is 0 Å². The van der Waals surface area contributed by atoms with Crippen molar-refractivity contribution in [2.45, 2.75) is 38.7 Å². The molecule has 2 nitrogen and oxygen atoms in total. The molecule has 0 heterocycles. The molecule has 11 heavy (non-hydrogen) atoms. The van der Waals surface area contributed by atoms with Gasteiger partial charge in [-0.1, -0.05) is 13.3 Å². The van der Waals surface area contributed by atoms with Gasteiger partial charge in [0.15, 0.2) is 0 Å². The minimum Gasteiger partial charge on any atom is -0.392 e. The van der Waals surface area contributed by atoms with E-state index in [1.807, 2.05) is 0 Å². The van der Waals surface area contributed by atoms with Crippen molar-refractivity contribution in [2.24, 2.45) is 11.8 Å². The minimum atomic E-state index is -0.362. The van der Waals surface area contributed by atoms with Crippen molar-refractivity contribution < 1.29 is 5.11 Å². The van der Waals surface area contributed by atoms with Gasteiger partial charge in [-0.3, -0.25) is 0 Å². The molecule has 0 amide bonds. The first kappa shape index (κ1) is 8.55. The number of nitrogens with zero attached hydrogens (tertiary/aromatic N) is 1. The summed E-state index contributed by atoms with van der Waals surface area (Å²) in [6.07, 6.45) is 3.60. The monoisotopic (exact) mass is 153 g/mol. The van der Waals surface area contributed by atoms with Crippen LogP contribution in [0.2, 0.25) is 0 Å². The summed E-state index contributed by atoms with van der Waals surface area (Å²) in [7, 11) is 0. The van der Waals surface area contributed by atoms with Crippen LogP contribution in [0.5, 0.6) is 0 Å². The topological polar surface area (TPSA) is 44.0 Å². The second kappa shape index (κ2) is 3.73. The second-order valence-electron chi connectivity index (χ2n) is 3.39. The molecule has 3 atom stereocenters. The second-order valence-corrected chi connectivity index (χ2v) is 3.39. The molecule has 1 aliphatic carbocycles. The van der Waals surface area contributed by atoms with E-state index in [1.54, 1.807) is 0 Å². The summed E-state index contributed by atoms with van der Waals surface area (Å²) in [5.74, 6) is 0.549. The van der Waals surface area contributed by atoms with Crippen molar-refractivity contribution in [1.82, 2.24) is 0 Å². The van der Waals surface area contributed by atoms with Gasteiger partial charge < -0.3 is 5.11 Å². The van der Waals surface area contributed by atoms with E-state index in [9.17, 15) is 5.11 Å². The molecule has 0 bridgehead atoms. The predicted octanol–water partition coefficient (Wildman–Crippen LogP) is 1.70. The zero-order valence-electron chi connectivity index (χ0n) is 6.95. The molecular weight excluding hydrogens is 138 g/mol. The van der Waals surface area contributed by atoms with Gasteiger partial charge in [-0.2, -0.15) is 5.26 Å².